The van der Waals surface area contributed by atoms with Crippen molar-refractivity contribution < 1.29 is 33.3 Å². The molecule has 0 aromatic rings. The van der Waals surface area contributed by atoms with E-state index >= 15 is 0 Å². The van der Waals surface area contributed by atoms with Gasteiger partial charge in [-0.15, -0.1) is 0 Å². The van der Waals surface area contributed by atoms with Crippen molar-refractivity contribution in [3.8, 4) is 0 Å². The maximum absolute atomic E-state index is 11.5. The minimum absolute atomic E-state index is 0.0254. The van der Waals surface area contributed by atoms with Gasteiger partial charge in [-0.3, -0.25) is 14.4 Å². The zero-order chi connectivity index (χ0) is 18.0. The van der Waals surface area contributed by atoms with Gasteiger partial charge in [0.1, 0.15) is 18.8 Å². The van der Waals surface area contributed by atoms with Gasteiger partial charge >= 0.3 is 17.9 Å². The molecule has 2 unspecified atom stereocenters. The first-order chi connectivity index (χ1) is 11.2. The van der Waals surface area contributed by atoms with Crippen LogP contribution >= 0.6 is 0 Å². The Hall–Kier alpha value is -2.32. The van der Waals surface area contributed by atoms with Crippen molar-refractivity contribution in [1.82, 2.24) is 4.90 Å². The van der Waals surface area contributed by atoms with Crippen LogP contribution in [0.3, 0.4) is 0 Å². The molecule has 0 aromatic carbocycles. The number of rotatable bonds is 4. The van der Waals surface area contributed by atoms with Crippen molar-refractivity contribution in [2.45, 2.75) is 45.1 Å². The van der Waals surface area contributed by atoms with Gasteiger partial charge in [0.05, 0.1) is 5.92 Å². The number of ether oxygens (including phenoxy) is 4. The van der Waals surface area contributed by atoms with Crippen LogP contribution in [0.1, 0.15) is 20.8 Å². The lowest BCUT2D eigenvalue weighted by Gasteiger charge is -2.26. The molecule has 0 spiro atoms. The third-order valence-electron chi connectivity index (χ3n) is 3.81. The molecule has 9 nitrogen and oxygen atoms in total. The van der Waals surface area contributed by atoms with Crippen molar-refractivity contribution in [3.63, 3.8) is 0 Å². The highest BCUT2D eigenvalue weighted by Gasteiger charge is 2.59. The first kappa shape index (κ1) is 18.0. The summed E-state index contributed by atoms with van der Waals surface area (Å²) in [6, 6.07) is -0.146. The summed E-state index contributed by atoms with van der Waals surface area (Å²) >= 11 is 0. The molecular weight excluding hydrogens is 320 g/mol. The van der Waals surface area contributed by atoms with Crippen LogP contribution in [-0.2, 0) is 33.3 Å². The van der Waals surface area contributed by atoms with Crippen LogP contribution in [0.25, 0.3) is 0 Å². The largest absolute Gasteiger partial charge is 0.465 e. The van der Waals surface area contributed by atoms with Gasteiger partial charge < -0.3 is 23.8 Å². The molecular formula is C15H22N2O7. The van der Waals surface area contributed by atoms with E-state index in [0.29, 0.717) is 6.02 Å². The molecule has 1 aliphatic carbocycles. The monoisotopic (exact) mass is 342 g/mol. The molecule has 0 aromatic heterocycles. The van der Waals surface area contributed by atoms with Gasteiger partial charge in [-0.2, -0.15) is 0 Å². The predicted octanol–water partition coefficient (Wildman–Crippen LogP) is -0.272. The second kappa shape index (κ2) is 7.06. The number of nitrogens with zero attached hydrogens (tertiary/aromatic N) is 2. The molecule has 134 valence electrons. The predicted molar refractivity (Wildman–Crippen MR) is 81.0 cm³/mol. The van der Waals surface area contributed by atoms with Crippen LogP contribution in [0.4, 0.5) is 0 Å². The number of hydrogen-bond donors (Lipinski definition) is 0. The van der Waals surface area contributed by atoms with Crippen LogP contribution in [-0.4, -0.2) is 73.9 Å². The average Bonchev–Trinajstić information content (AvgIpc) is 2.96. The Labute approximate surface area is 139 Å². The Balaban J connectivity index is 2.31. The second-order valence-electron chi connectivity index (χ2n) is 5.99. The van der Waals surface area contributed by atoms with E-state index in [1.165, 1.54) is 20.8 Å². The van der Waals surface area contributed by atoms with Gasteiger partial charge in [-0.05, 0) is 0 Å². The van der Waals surface area contributed by atoms with E-state index in [1.54, 1.807) is 19.0 Å². The minimum Gasteiger partial charge on any atom is -0.465 e. The summed E-state index contributed by atoms with van der Waals surface area (Å²) in [6.07, 6.45) is -2.11. The molecule has 0 bridgehead atoms. The summed E-state index contributed by atoms with van der Waals surface area (Å²) in [7, 11) is 3.54. The highest BCUT2D eigenvalue weighted by molar-refractivity contribution is 5.76. The Bertz CT molecular complexity index is 560. The minimum atomic E-state index is -0.798. The van der Waals surface area contributed by atoms with E-state index in [4.69, 9.17) is 18.9 Å². The van der Waals surface area contributed by atoms with Crippen LogP contribution < -0.4 is 0 Å². The third kappa shape index (κ3) is 3.77. The van der Waals surface area contributed by atoms with E-state index < -0.39 is 48.2 Å². The van der Waals surface area contributed by atoms with E-state index in [9.17, 15) is 14.4 Å². The van der Waals surface area contributed by atoms with E-state index in [0.717, 1.165) is 0 Å². The summed E-state index contributed by atoms with van der Waals surface area (Å²) in [5.41, 5.74) is 0. The van der Waals surface area contributed by atoms with Gasteiger partial charge in [-0.1, -0.05) is 0 Å². The molecule has 0 amide bonds. The zero-order valence-corrected chi connectivity index (χ0v) is 14.3. The number of fused-ring (bicyclic) bond motifs is 1. The van der Waals surface area contributed by atoms with E-state index in [-0.39, 0.29) is 6.61 Å². The summed E-state index contributed by atoms with van der Waals surface area (Å²) in [5, 5.41) is 0. The van der Waals surface area contributed by atoms with Crippen LogP contribution in [0.2, 0.25) is 0 Å². The maximum Gasteiger partial charge on any atom is 0.303 e. The SMILES string of the molecule is CC(=O)OC[C@H]1C2OC(N(C)C)=NC2[C@@H](OC(C)=O)[C@@H]1OC(C)=O. The van der Waals surface area contributed by atoms with Crippen LogP contribution in [0.5, 0.6) is 0 Å². The molecule has 0 radical (unpaired) electrons. The Morgan fingerprint density at radius 3 is 2.12 bits per heavy atom. The van der Waals surface area contributed by atoms with Crippen LogP contribution in [0.15, 0.2) is 4.99 Å². The second-order valence-corrected chi connectivity index (χ2v) is 5.99. The number of carbonyl (C=O) groups excluding carboxylic acids is 3. The molecule has 1 fully saturated rings. The highest BCUT2D eigenvalue weighted by Crippen LogP contribution is 2.39. The summed E-state index contributed by atoms with van der Waals surface area (Å²) < 4.78 is 21.6. The Morgan fingerprint density at radius 1 is 1.04 bits per heavy atom. The number of esters is 3. The molecule has 24 heavy (non-hydrogen) atoms. The fraction of sp³-hybridized carbons (Fsp3) is 0.733. The van der Waals surface area contributed by atoms with Crippen LogP contribution in [0, 0.1) is 5.92 Å². The zero-order valence-electron chi connectivity index (χ0n) is 14.3. The Kier molecular flexibility index (Phi) is 5.30. The topological polar surface area (TPSA) is 104 Å². The van der Waals surface area contributed by atoms with E-state index in [2.05, 4.69) is 4.99 Å². The van der Waals surface area contributed by atoms with E-state index in [1.807, 2.05) is 0 Å². The summed E-state index contributed by atoms with van der Waals surface area (Å²) in [6.45, 7) is 3.79. The van der Waals surface area contributed by atoms with Crippen molar-refractivity contribution in [1.29, 1.82) is 0 Å². The van der Waals surface area contributed by atoms with Crippen molar-refractivity contribution >= 4 is 23.9 Å². The third-order valence-corrected chi connectivity index (χ3v) is 3.81. The first-order valence-electron chi connectivity index (χ1n) is 7.60. The van der Waals surface area contributed by atoms with Crippen molar-refractivity contribution in [3.05, 3.63) is 0 Å². The van der Waals surface area contributed by atoms with Gasteiger partial charge in [0.15, 0.2) is 12.2 Å². The standard InChI is InChI=1S/C15H22N2O7/c1-7(18)21-6-10-12-11(16-15(24-12)17(4)5)14(23-9(3)20)13(10)22-8(2)19/h10-14H,6H2,1-5H3/t10-,11?,12?,13+,14+/m0/s1. The van der Waals surface area contributed by atoms with Gasteiger partial charge in [0.2, 0.25) is 0 Å². The molecule has 0 saturated heterocycles. The highest BCUT2D eigenvalue weighted by atomic mass is 16.6. The smallest absolute Gasteiger partial charge is 0.303 e. The number of aliphatic imine (C=N–C) groups is 1. The average molecular weight is 342 g/mol. The normalized spacial score (nSPS) is 30.7. The first-order valence-corrected chi connectivity index (χ1v) is 7.60. The molecule has 1 saturated carbocycles. The molecule has 0 N–H and O–H groups in total. The lowest BCUT2D eigenvalue weighted by Crippen LogP contribution is -2.40. The number of carbonyl (C=O) groups is 3. The molecule has 9 heteroatoms. The number of amidine groups is 1. The van der Waals surface area contributed by atoms with Crippen molar-refractivity contribution in [2.24, 2.45) is 10.9 Å². The van der Waals surface area contributed by atoms with Gasteiger partial charge in [0, 0.05) is 34.9 Å². The summed E-state index contributed by atoms with van der Waals surface area (Å²) in [5.74, 6) is -2.00. The molecule has 5 atom stereocenters. The molecule has 2 rings (SSSR count). The fourth-order valence-electron chi connectivity index (χ4n) is 2.95. The molecule has 1 aliphatic heterocycles. The Morgan fingerprint density at radius 2 is 1.62 bits per heavy atom. The fourth-order valence-corrected chi connectivity index (χ4v) is 2.95. The molecule has 2 aliphatic rings. The maximum atomic E-state index is 11.5. The summed E-state index contributed by atoms with van der Waals surface area (Å²) in [4.78, 5) is 40.2. The lowest BCUT2D eigenvalue weighted by atomic mass is 10.0. The number of hydrogen-bond acceptors (Lipinski definition) is 9. The quantitative estimate of drug-likeness (QED) is 0.508. The lowest BCUT2D eigenvalue weighted by molar-refractivity contribution is -0.168. The molecule has 1 heterocycles. The van der Waals surface area contributed by atoms with Gasteiger partial charge in [0.25, 0.3) is 6.02 Å². The van der Waals surface area contributed by atoms with Crippen molar-refractivity contribution in [2.75, 3.05) is 20.7 Å². The van der Waals surface area contributed by atoms with Gasteiger partial charge in [-0.25, -0.2) is 4.99 Å².